The maximum absolute atomic E-state index is 5.27. The minimum atomic E-state index is 1.10. The molecule has 2 nitrogen and oxygen atoms in total. The van der Waals surface area contributed by atoms with Crippen molar-refractivity contribution in [3.05, 3.63) is 11.3 Å². The number of hydrogen-bond acceptors (Lipinski definition) is 2. The molecular formula is C8H18N2. The van der Waals surface area contributed by atoms with Crippen molar-refractivity contribution in [2.45, 2.75) is 40.0 Å². The van der Waals surface area contributed by atoms with E-state index in [1.807, 2.05) is 6.92 Å². The summed E-state index contributed by atoms with van der Waals surface area (Å²) in [5.74, 6) is 5.27. The van der Waals surface area contributed by atoms with Gasteiger partial charge in [-0.05, 0) is 19.8 Å². The number of nitrogens with one attached hydrogen (secondary N) is 1. The highest BCUT2D eigenvalue weighted by Crippen LogP contribution is 2.11. The van der Waals surface area contributed by atoms with E-state index in [-0.39, 0.29) is 0 Å². The highest BCUT2D eigenvalue weighted by molar-refractivity contribution is 5.08. The van der Waals surface area contributed by atoms with Crippen molar-refractivity contribution in [2.24, 2.45) is 5.84 Å². The van der Waals surface area contributed by atoms with Gasteiger partial charge in [0.05, 0.1) is 0 Å². The van der Waals surface area contributed by atoms with Crippen molar-refractivity contribution in [3.8, 4) is 0 Å². The van der Waals surface area contributed by atoms with Crippen molar-refractivity contribution >= 4 is 0 Å². The first kappa shape index (κ1) is 9.50. The van der Waals surface area contributed by atoms with Crippen LogP contribution in [0.25, 0.3) is 0 Å². The Bertz CT molecular complexity index is 116. The van der Waals surface area contributed by atoms with Crippen LogP contribution in [0.4, 0.5) is 0 Å². The Hall–Kier alpha value is -0.500. The minimum Gasteiger partial charge on any atom is -0.329 e. The van der Waals surface area contributed by atoms with Crippen molar-refractivity contribution < 1.29 is 0 Å². The minimum absolute atomic E-state index is 1.10. The molecule has 10 heavy (non-hydrogen) atoms. The third-order valence-electron chi connectivity index (χ3n) is 1.73. The van der Waals surface area contributed by atoms with Crippen molar-refractivity contribution in [2.75, 3.05) is 0 Å². The van der Waals surface area contributed by atoms with E-state index in [0.29, 0.717) is 0 Å². The first-order chi connectivity index (χ1) is 4.76. The molecule has 0 radical (unpaired) electrons. The maximum atomic E-state index is 5.27. The fourth-order valence-corrected chi connectivity index (χ4v) is 1.03. The van der Waals surface area contributed by atoms with E-state index < -0.39 is 0 Å². The van der Waals surface area contributed by atoms with E-state index in [9.17, 15) is 0 Å². The number of rotatable bonds is 4. The highest BCUT2D eigenvalue weighted by Gasteiger charge is 1.96. The fraction of sp³-hybridized carbons (Fsp3) is 0.750. The predicted octanol–water partition coefficient (Wildman–Crippen LogP) is 1.93. The molecule has 0 atom stereocenters. The number of nitrogens with two attached hydrogens (primary N) is 1. The molecule has 0 aliphatic carbocycles. The zero-order chi connectivity index (χ0) is 7.98. The Morgan fingerprint density at radius 1 is 1.40 bits per heavy atom. The molecule has 0 fully saturated rings. The van der Waals surface area contributed by atoms with Crippen LogP contribution in [0.2, 0.25) is 0 Å². The zero-order valence-electron chi connectivity index (χ0n) is 7.20. The number of hydrogen-bond donors (Lipinski definition) is 2. The van der Waals surface area contributed by atoms with Gasteiger partial charge in [0.2, 0.25) is 0 Å². The van der Waals surface area contributed by atoms with E-state index in [0.717, 1.165) is 18.5 Å². The van der Waals surface area contributed by atoms with Gasteiger partial charge < -0.3 is 5.43 Å². The lowest BCUT2D eigenvalue weighted by Crippen LogP contribution is -2.20. The second kappa shape index (κ2) is 5.30. The molecule has 0 aliphatic rings. The highest BCUT2D eigenvalue weighted by atomic mass is 15.2. The molecule has 60 valence electrons. The molecule has 0 aromatic heterocycles. The molecule has 0 rings (SSSR count). The third kappa shape index (κ3) is 2.87. The summed E-state index contributed by atoms with van der Waals surface area (Å²) in [6, 6.07) is 0. The molecule has 0 heterocycles. The molecular weight excluding hydrogens is 124 g/mol. The molecule has 0 saturated heterocycles. The summed E-state index contributed by atoms with van der Waals surface area (Å²) < 4.78 is 0. The van der Waals surface area contributed by atoms with Crippen LogP contribution in [-0.4, -0.2) is 0 Å². The van der Waals surface area contributed by atoms with Crippen LogP contribution in [0.1, 0.15) is 40.0 Å². The summed E-state index contributed by atoms with van der Waals surface area (Å²) in [4.78, 5) is 0. The molecule has 0 spiro atoms. The molecule has 0 unspecified atom stereocenters. The Balaban J connectivity index is 4.00. The van der Waals surface area contributed by atoms with Gasteiger partial charge in [0.1, 0.15) is 0 Å². The van der Waals surface area contributed by atoms with Crippen LogP contribution in [-0.2, 0) is 0 Å². The molecule has 0 aromatic rings. The quantitative estimate of drug-likeness (QED) is 0.465. The largest absolute Gasteiger partial charge is 0.329 e. The first-order valence-corrected chi connectivity index (χ1v) is 3.91. The number of hydrazine groups is 1. The second-order valence-electron chi connectivity index (χ2n) is 2.48. The van der Waals surface area contributed by atoms with Gasteiger partial charge in [0, 0.05) is 5.70 Å². The SMILES string of the molecule is CCC/C(CC)=C(/C)NN. The van der Waals surface area contributed by atoms with Crippen LogP contribution >= 0.6 is 0 Å². The average Bonchev–Trinajstić information content (AvgIpc) is 1.99. The van der Waals surface area contributed by atoms with Crippen LogP contribution in [0.15, 0.2) is 11.3 Å². The monoisotopic (exact) mass is 142 g/mol. The molecule has 2 heteroatoms. The lowest BCUT2D eigenvalue weighted by molar-refractivity contribution is 0.783. The van der Waals surface area contributed by atoms with Crippen LogP contribution < -0.4 is 11.3 Å². The topological polar surface area (TPSA) is 38.0 Å². The molecule has 0 saturated carbocycles. The van der Waals surface area contributed by atoms with E-state index in [2.05, 4.69) is 19.3 Å². The van der Waals surface area contributed by atoms with E-state index in [4.69, 9.17) is 5.84 Å². The van der Waals surface area contributed by atoms with Gasteiger partial charge in [-0.15, -0.1) is 0 Å². The average molecular weight is 142 g/mol. The summed E-state index contributed by atoms with van der Waals surface area (Å²) in [5.41, 5.74) is 5.24. The smallest absolute Gasteiger partial charge is 0.0220 e. The molecule has 0 bridgehead atoms. The first-order valence-electron chi connectivity index (χ1n) is 3.91. The van der Waals surface area contributed by atoms with Crippen molar-refractivity contribution in [3.63, 3.8) is 0 Å². The van der Waals surface area contributed by atoms with Crippen LogP contribution in [0.3, 0.4) is 0 Å². The lowest BCUT2D eigenvalue weighted by atomic mass is 10.1. The van der Waals surface area contributed by atoms with E-state index in [1.54, 1.807) is 0 Å². The summed E-state index contributed by atoms with van der Waals surface area (Å²) in [6.45, 7) is 6.36. The summed E-state index contributed by atoms with van der Waals surface area (Å²) in [6.07, 6.45) is 3.46. The van der Waals surface area contributed by atoms with Gasteiger partial charge in [0.15, 0.2) is 0 Å². The number of allylic oxidation sites excluding steroid dienone is 2. The molecule has 0 aromatic carbocycles. The van der Waals surface area contributed by atoms with Crippen molar-refractivity contribution in [1.29, 1.82) is 0 Å². The maximum Gasteiger partial charge on any atom is 0.0220 e. The second-order valence-corrected chi connectivity index (χ2v) is 2.48. The lowest BCUT2D eigenvalue weighted by Gasteiger charge is -2.07. The van der Waals surface area contributed by atoms with Gasteiger partial charge in [-0.3, -0.25) is 5.84 Å². The Morgan fingerprint density at radius 2 is 2.00 bits per heavy atom. The van der Waals surface area contributed by atoms with E-state index in [1.165, 1.54) is 12.0 Å². The molecule has 0 aliphatic heterocycles. The normalized spacial score (nSPS) is 12.8. The van der Waals surface area contributed by atoms with E-state index >= 15 is 0 Å². The van der Waals surface area contributed by atoms with Gasteiger partial charge in [0.25, 0.3) is 0 Å². The standard InChI is InChI=1S/C8H18N2/c1-4-6-8(5-2)7(3)10-9/h10H,4-6,9H2,1-3H3/b8-7-. The summed E-state index contributed by atoms with van der Waals surface area (Å²) in [7, 11) is 0. The fourth-order valence-electron chi connectivity index (χ4n) is 1.03. The molecule has 3 N–H and O–H groups in total. The summed E-state index contributed by atoms with van der Waals surface area (Å²) in [5, 5.41) is 0. The predicted molar refractivity (Wildman–Crippen MR) is 45.2 cm³/mol. The van der Waals surface area contributed by atoms with Crippen molar-refractivity contribution in [1.82, 2.24) is 5.43 Å². The van der Waals surface area contributed by atoms with Crippen LogP contribution in [0, 0.1) is 0 Å². The van der Waals surface area contributed by atoms with Crippen LogP contribution in [0.5, 0.6) is 0 Å². The van der Waals surface area contributed by atoms with Gasteiger partial charge in [-0.2, -0.15) is 0 Å². The zero-order valence-corrected chi connectivity index (χ0v) is 7.20. The Labute approximate surface area is 63.5 Å². The Morgan fingerprint density at radius 3 is 2.30 bits per heavy atom. The summed E-state index contributed by atoms with van der Waals surface area (Å²) >= 11 is 0. The van der Waals surface area contributed by atoms with Gasteiger partial charge >= 0.3 is 0 Å². The molecule has 0 amide bonds. The Kier molecular flexibility index (Phi) is 5.03. The van der Waals surface area contributed by atoms with Gasteiger partial charge in [-0.25, -0.2) is 0 Å². The van der Waals surface area contributed by atoms with Gasteiger partial charge in [-0.1, -0.05) is 25.8 Å². The third-order valence-corrected chi connectivity index (χ3v) is 1.73.